The van der Waals surface area contributed by atoms with Gasteiger partial charge in [-0.3, -0.25) is 4.90 Å². The number of aldehydes is 1. The number of benzene rings is 1. The Morgan fingerprint density at radius 3 is 2.36 bits per heavy atom. The molecule has 0 bridgehead atoms. The van der Waals surface area contributed by atoms with Crippen molar-refractivity contribution in [3.8, 4) is 0 Å². The second kappa shape index (κ2) is 5.95. The van der Waals surface area contributed by atoms with E-state index < -0.39 is 17.7 Å². The summed E-state index contributed by atoms with van der Waals surface area (Å²) >= 11 is 1.61. The van der Waals surface area contributed by atoms with Gasteiger partial charge in [0.2, 0.25) is 0 Å². The lowest BCUT2D eigenvalue weighted by atomic mass is 10.0. The Labute approximate surface area is 136 Å². The molecule has 120 valence electrons. The van der Waals surface area contributed by atoms with Crippen LogP contribution in [0.2, 0.25) is 0 Å². The first-order chi connectivity index (χ1) is 10.2. The summed E-state index contributed by atoms with van der Waals surface area (Å²) < 4.78 is 5.15. The van der Waals surface area contributed by atoms with Crippen molar-refractivity contribution in [2.24, 2.45) is 0 Å². The first-order valence-corrected chi connectivity index (χ1v) is 8.23. The fourth-order valence-corrected chi connectivity index (χ4v) is 4.00. The molecule has 0 saturated carbocycles. The average Bonchev–Trinajstić information content (AvgIpc) is 2.69. The molecule has 1 fully saturated rings. The van der Waals surface area contributed by atoms with Crippen LogP contribution >= 0.6 is 11.8 Å². The largest absolute Gasteiger partial charge is 0.444 e. The minimum atomic E-state index is -0.594. The molecule has 0 aliphatic carbocycles. The zero-order chi connectivity index (χ0) is 16.5. The van der Waals surface area contributed by atoms with E-state index in [0.29, 0.717) is 0 Å². The normalized spacial score (nSPS) is 24.1. The van der Waals surface area contributed by atoms with E-state index in [0.717, 1.165) is 11.8 Å². The second-order valence-electron chi connectivity index (χ2n) is 6.95. The van der Waals surface area contributed by atoms with Crippen molar-refractivity contribution in [1.29, 1.82) is 0 Å². The highest BCUT2D eigenvalue weighted by Crippen LogP contribution is 2.52. The first-order valence-electron chi connectivity index (χ1n) is 7.35. The summed E-state index contributed by atoms with van der Waals surface area (Å²) in [6.07, 6.45) is 0.399. The number of carbonyl (C=O) groups is 2. The third-order valence-corrected chi connectivity index (χ3v) is 5.07. The molecule has 22 heavy (non-hydrogen) atoms. The van der Waals surface area contributed by atoms with Crippen LogP contribution in [0.25, 0.3) is 0 Å². The lowest BCUT2D eigenvalue weighted by molar-refractivity contribution is -0.113. The smallest absolute Gasteiger partial charge is 0.412 e. The molecule has 5 heteroatoms. The fourth-order valence-electron chi connectivity index (χ4n) is 2.49. The highest BCUT2D eigenvalue weighted by atomic mass is 32.2. The zero-order valence-corrected chi connectivity index (χ0v) is 14.5. The van der Waals surface area contributed by atoms with Crippen LogP contribution in [0.5, 0.6) is 0 Å². The maximum atomic E-state index is 12.6. The molecule has 1 aromatic rings. The molecule has 1 saturated heterocycles. The molecule has 0 radical (unpaired) electrons. The Bertz CT molecular complexity index is 551. The number of hydrogen-bond acceptors (Lipinski definition) is 4. The van der Waals surface area contributed by atoms with E-state index in [1.165, 1.54) is 0 Å². The summed E-state index contributed by atoms with van der Waals surface area (Å²) in [6.45, 7) is 9.44. The predicted octanol–water partition coefficient (Wildman–Crippen LogP) is 4.02. The van der Waals surface area contributed by atoms with E-state index in [1.54, 1.807) is 16.7 Å². The van der Waals surface area contributed by atoms with E-state index in [9.17, 15) is 9.59 Å². The van der Waals surface area contributed by atoms with Crippen LogP contribution in [0, 0.1) is 0 Å². The fraction of sp³-hybridized carbons (Fsp3) is 0.529. The monoisotopic (exact) mass is 321 g/mol. The van der Waals surface area contributed by atoms with Gasteiger partial charge in [-0.1, -0.05) is 30.3 Å². The van der Waals surface area contributed by atoms with Gasteiger partial charge in [-0.05, 0) is 40.2 Å². The van der Waals surface area contributed by atoms with Gasteiger partial charge in [0, 0.05) is 4.75 Å². The molecule has 0 N–H and O–H groups in total. The Balaban J connectivity index is 2.39. The summed E-state index contributed by atoms with van der Waals surface area (Å²) in [7, 11) is 0. The lowest BCUT2D eigenvalue weighted by Crippen LogP contribution is -2.47. The molecule has 0 aromatic heterocycles. The zero-order valence-electron chi connectivity index (χ0n) is 13.7. The van der Waals surface area contributed by atoms with Crippen molar-refractivity contribution in [2.45, 2.75) is 56.4 Å². The van der Waals surface area contributed by atoms with Crippen molar-refractivity contribution in [3.05, 3.63) is 35.9 Å². The van der Waals surface area contributed by atoms with Gasteiger partial charge in [0.15, 0.2) is 0 Å². The summed E-state index contributed by atoms with van der Waals surface area (Å²) in [6, 6.07) is 9.23. The summed E-state index contributed by atoms with van der Waals surface area (Å²) in [5, 5.41) is -0.221. The number of thioether (sulfide) groups is 1. The molecule has 2 atom stereocenters. The SMILES string of the molecule is CC(C)(C)OC(=O)N1C(c2ccccc2)SC(C)(C)C1C=O. The molecule has 1 aromatic carbocycles. The van der Waals surface area contributed by atoms with E-state index >= 15 is 0 Å². The van der Waals surface area contributed by atoms with Gasteiger partial charge in [-0.2, -0.15) is 0 Å². The Morgan fingerprint density at radius 1 is 1.27 bits per heavy atom. The number of rotatable bonds is 2. The third kappa shape index (κ3) is 3.46. The quantitative estimate of drug-likeness (QED) is 0.772. The van der Waals surface area contributed by atoms with Crippen LogP contribution in [-0.4, -0.2) is 33.7 Å². The van der Waals surface area contributed by atoms with Crippen molar-refractivity contribution >= 4 is 24.1 Å². The topological polar surface area (TPSA) is 46.6 Å². The highest BCUT2D eigenvalue weighted by molar-refractivity contribution is 8.01. The summed E-state index contributed by atoms with van der Waals surface area (Å²) in [4.78, 5) is 25.8. The predicted molar refractivity (Wildman–Crippen MR) is 88.8 cm³/mol. The van der Waals surface area contributed by atoms with Gasteiger partial charge in [-0.25, -0.2) is 4.79 Å². The molecule has 0 spiro atoms. The first kappa shape index (κ1) is 16.9. The summed E-state index contributed by atoms with van der Waals surface area (Å²) in [5.74, 6) is 0. The van der Waals surface area contributed by atoms with Crippen molar-refractivity contribution in [3.63, 3.8) is 0 Å². The van der Waals surface area contributed by atoms with E-state index in [1.807, 2.05) is 65.0 Å². The number of carbonyl (C=O) groups excluding carboxylic acids is 2. The van der Waals surface area contributed by atoms with Crippen molar-refractivity contribution in [2.75, 3.05) is 0 Å². The van der Waals surface area contributed by atoms with Gasteiger partial charge in [0.1, 0.15) is 23.3 Å². The maximum absolute atomic E-state index is 12.6. The Kier molecular flexibility index (Phi) is 4.57. The molecule has 2 unspecified atom stereocenters. The molecule has 1 aliphatic rings. The number of amides is 1. The number of ether oxygens (including phenoxy) is 1. The molecule has 1 heterocycles. The van der Waals surface area contributed by atoms with Crippen molar-refractivity contribution in [1.82, 2.24) is 4.90 Å². The third-order valence-electron chi connectivity index (χ3n) is 3.50. The van der Waals surface area contributed by atoms with E-state index in [2.05, 4.69) is 0 Å². The molecular weight excluding hydrogens is 298 g/mol. The minimum absolute atomic E-state index is 0.221. The van der Waals surface area contributed by atoms with Gasteiger partial charge >= 0.3 is 6.09 Å². The molecule has 1 amide bonds. The summed E-state index contributed by atoms with van der Waals surface area (Å²) in [5.41, 5.74) is 0.402. The maximum Gasteiger partial charge on any atom is 0.412 e. The van der Waals surface area contributed by atoms with Crippen LogP contribution in [0.1, 0.15) is 45.6 Å². The Hall–Kier alpha value is -1.49. The van der Waals surface area contributed by atoms with E-state index in [4.69, 9.17) is 4.74 Å². The van der Waals surface area contributed by atoms with Gasteiger partial charge in [0.25, 0.3) is 0 Å². The lowest BCUT2D eigenvalue weighted by Gasteiger charge is -2.31. The van der Waals surface area contributed by atoms with Crippen LogP contribution in [0.15, 0.2) is 30.3 Å². The number of hydrogen-bond donors (Lipinski definition) is 0. The standard InChI is InChI=1S/C17H23NO3S/c1-16(2,3)21-15(20)18-13(11-19)17(4,5)22-14(18)12-9-7-6-8-10-12/h6-11,13-14H,1-5H3. The van der Waals surface area contributed by atoms with Crippen LogP contribution < -0.4 is 0 Å². The average molecular weight is 321 g/mol. The van der Waals surface area contributed by atoms with E-state index in [-0.39, 0.29) is 10.1 Å². The van der Waals surface area contributed by atoms with Crippen molar-refractivity contribution < 1.29 is 14.3 Å². The van der Waals surface area contributed by atoms with Gasteiger partial charge < -0.3 is 9.53 Å². The molecule has 4 nitrogen and oxygen atoms in total. The highest BCUT2D eigenvalue weighted by Gasteiger charge is 2.51. The Morgan fingerprint density at radius 2 is 1.86 bits per heavy atom. The van der Waals surface area contributed by atoms with Crippen LogP contribution in [0.4, 0.5) is 4.79 Å². The van der Waals surface area contributed by atoms with Gasteiger partial charge in [-0.15, -0.1) is 11.8 Å². The van der Waals surface area contributed by atoms with Gasteiger partial charge in [0.05, 0.1) is 0 Å². The molecule has 1 aliphatic heterocycles. The van der Waals surface area contributed by atoms with Crippen LogP contribution in [0.3, 0.4) is 0 Å². The number of nitrogens with zero attached hydrogens (tertiary/aromatic N) is 1. The second-order valence-corrected chi connectivity index (χ2v) is 8.69. The molecule has 2 rings (SSSR count). The molecular formula is C17H23NO3S. The van der Waals surface area contributed by atoms with Crippen LogP contribution in [-0.2, 0) is 9.53 Å². The minimum Gasteiger partial charge on any atom is -0.444 e.